The molecular formula is C14H13FN2O. The molecule has 4 heteroatoms. The van der Waals surface area contributed by atoms with Gasteiger partial charge in [0.15, 0.2) is 0 Å². The van der Waals surface area contributed by atoms with E-state index in [9.17, 15) is 9.50 Å². The fourth-order valence-electron chi connectivity index (χ4n) is 2.12. The minimum atomic E-state index is -0.472. The lowest BCUT2D eigenvalue weighted by atomic mass is 10.1. The molecule has 1 saturated carbocycles. The SMILES string of the molecule is NC1CC1c1ccc(-c2cc(O)cc(F)c2)nc1. The first-order valence-corrected chi connectivity index (χ1v) is 5.85. The third-order valence-corrected chi connectivity index (χ3v) is 3.23. The lowest BCUT2D eigenvalue weighted by molar-refractivity contribution is 0.469. The van der Waals surface area contributed by atoms with E-state index in [4.69, 9.17) is 5.73 Å². The number of benzene rings is 1. The van der Waals surface area contributed by atoms with Crippen LogP contribution in [0, 0.1) is 5.82 Å². The van der Waals surface area contributed by atoms with Gasteiger partial charge in [0.1, 0.15) is 11.6 Å². The van der Waals surface area contributed by atoms with Crippen LogP contribution in [0.3, 0.4) is 0 Å². The second kappa shape index (κ2) is 4.07. The Hall–Kier alpha value is -1.94. The zero-order chi connectivity index (χ0) is 12.7. The molecule has 18 heavy (non-hydrogen) atoms. The summed E-state index contributed by atoms with van der Waals surface area (Å²) in [5, 5.41) is 9.36. The number of hydrogen-bond acceptors (Lipinski definition) is 3. The van der Waals surface area contributed by atoms with E-state index in [0.717, 1.165) is 18.1 Å². The molecule has 2 atom stereocenters. The van der Waals surface area contributed by atoms with Gasteiger partial charge >= 0.3 is 0 Å². The van der Waals surface area contributed by atoms with Crippen LogP contribution in [0.4, 0.5) is 4.39 Å². The van der Waals surface area contributed by atoms with Crippen LogP contribution in [0.25, 0.3) is 11.3 Å². The zero-order valence-electron chi connectivity index (χ0n) is 9.68. The summed E-state index contributed by atoms with van der Waals surface area (Å²) in [6, 6.07) is 7.95. The van der Waals surface area contributed by atoms with Crippen LogP contribution in [0.5, 0.6) is 5.75 Å². The Morgan fingerprint density at radius 2 is 2.06 bits per heavy atom. The molecule has 1 heterocycles. The number of aromatic hydroxyl groups is 1. The molecular weight excluding hydrogens is 231 g/mol. The maximum atomic E-state index is 13.2. The van der Waals surface area contributed by atoms with Gasteiger partial charge in [0.05, 0.1) is 5.69 Å². The first-order valence-electron chi connectivity index (χ1n) is 5.85. The largest absolute Gasteiger partial charge is 0.508 e. The molecule has 0 spiro atoms. The van der Waals surface area contributed by atoms with Gasteiger partial charge in [-0.2, -0.15) is 0 Å². The maximum Gasteiger partial charge on any atom is 0.127 e. The van der Waals surface area contributed by atoms with E-state index in [1.165, 1.54) is 12.1 Å². The molecule has 1 fully saturated rings. The molecule has 2 aromatic rings. The summed E-state index contributed by atoms with van der Waals surface area (Å²) in [6.07, 6.45) is 2.77. The normalized spacial score (nSPS) is 21.9. The predicted octanol–water partition coefficient (Wildman–Crippen LogP) is 2.41. The number of hydrogen-bond donors (Lipinski definition) is 2. The molecule has 0 saturated heterocycles. The van der Waals surface area contributed by atoms with Crippen LogP contribution in [0.1, 0.15) is 17.9 Å². The quantitative estimate of drug-likeness (QED) is 0.852. The second-order valence-corrected chi connectivity index (χ2v) is 4.68. The maximum absolute atomic E-state index is 13.2. The molecule has 1 aromatic heterocycles. The summed E-state index contributed by atoms with van der Waals surface area (Å²) in [5.41, 5.74) is 8.10. The third kappa shape index (κ3) is 2.07. The van der Waals surface area contributed by atoms with Crippen molar-refractivity contribution in [2.75, 3.05) is 0 Å². The van der Waals surface area contributed by atoms with E-state index in [0.29, 0.717) is 17.2 Å². The van der Waals surface area contributed by atoms with Crippen molar-refractivity contribution in [2.45, 2.75) is 18.4 Å². The summed E-state index contributed by atoms with van der Waals surface area (Å²) < 4.78 is 13.2. The number of phenols is 1. The van der Waals surface area contributed by atoms with Crippen molar-refractivity contribution in [2.24, 2.45) is 5.73 Å². The Morgan fingerprint density at radius 1 is 1.28 bits per heavy atom. The summed E-state index contributed by atoms with van der Waals surface area (Å²) >= 11 is 0. The Labute approximate surface area is 104 Å². The summed E-state index contributed by atoms with van der Waals surface area (Å²) in [4.78, 5) is 4.29. The van der Waals surface area contributed by atoms with Crippen molar-refractivity contribution >= 4 is 0 Å². The van der Waals surface area contributed by atoms with Gasteiger partial charge in [0.25, 0.3) is 0 Å². The number of nitrogens with zero attached hydrogens (tertiary/aromatic N) is 1. The van der Waals surface area contributed by atoms with Crippen LogP contribution in [0.2, 0.25) is 0 Å². The van der Waals surface area contributed by atoms with Crippen molar-refractivity contribution in [1.82, 2.24) is 4.98 Å². The molecule has 0 radical (unpaired) electrons. The van der Waals surface area contributed by atoms with Crippen LogP contribution >= 0.6 is 0 Å². The van der Waals surface area contributed by atoms with Gasteiger partial charge in [-0.05, 0) is 30.2 Å². The number of aromatic nitrogens is 1. The Kier molecular flexibility index (Phi) is 2.52. The molecule has 1 aromatic carbocycles. The highest BCUT2D eigenvalue weighted by molar-refractivity contribution is 5.61. The smallest absolute Gasteiger partial charge is 0.127 e. The minimum absolute atomic E-state index is 0.0971. The van der Waals surface area contributed by atoms with Gasteiger partial charge in [0, 0.05) is 29.8 Å². The molecule has 0 aliphatic heterocycles. The lowest BCUT2D eigenvalue weighted by Gasteiger charge is -2.04. The summed E-state index contributed by atoms with van der Waals surface area (Å²) in [7, 11) is 0. The van der Waals surface area contributed by atoms with Crippen LogP contribution in [0.15, 0.2) is 36.5 Å². The predicted molar refractivity (Wildman–Crippen MR) is 66.6 cm³/mol. The Bertz CT molecular complexity index is 563. The van der Waals surface area contributed by atoms with Gasteiger partial charge in [0.2, 0.25) is 0 Å². The van der Waals surface area contributed by atoms with Crippen LogP contribution in [-0.4, -0.2) is 16.1 Å². The Morgan fingerprint density at radius 3 is 2.61 bits per heavy atom. The van der Waals surface area contributed by atoms with Gasteiger partial charge in [-0.25, -0.2) is 4.39 Å². The van der Waals surface area contributed by atoms with Gasteiger partial charge in [-0.1, -0.05) is 6.07 Å². The van der Waals surface area contributed by atoms with E-state index in [-0.39, 0.29) is 11.8 Å². The highest BCUT2D eigenvalue weighted by Crippen LogP contribution is 2.38. The molecule has 3 N–H and O–H groups in total. The molecule has 3 nitrogen and oxygen atoms in total. The molecule has 0 bridgehead atoms. The van der Waals surface area contributed by atoms with Crippen molar-refractivity contribution < 1.29 is 9.50 Å². The molecule has 3 rings (SSSR count). The number of nitrogens with two attached hydrogens (primary N) is 1. The van der Waals surface area contributed by atoms with Gasteiger partial charge in [-0.3, -0.25) is 4.98 Å². The fourth-order valence-corrected chi connectivity index (χ4v) is 2.12. The second-order valence-electron chi connectivity index (χ2n) is 4.68. The van der Waals surface area contributed by atoms with E-state index in [2.05, 4.69) is 4.98 Å². The monoisotopic (exact) mass is 244 g/mol. The standard InChI is InChI=1S/C14H13FN2O/c15-10-3-9(4-11(18)5-10)14-2-1-8(7-17-14)12-6-13(12)16/h1-5,7,12-13,18H,6,16H2. The van der Waals surface area contributed by atoms with E-state index in [1.807, 2.05) is 12.1 Å². The van der Waals surface area contributed by atoms with Crippen molar-refractivity contribution in [1.29, 1.82) is 0 Å². The number of phenolic OH excluding ortho intramolecular Hbond substituents is 1. The van der Waals surface area contributed by atoms with Crippen molar-refractivity contribution in [3.8, 4) is 17.0 Å². The number of halogens is 1. The van der Waals surface area contributed by atoms with E-state index >= 15 is 0 Å². The van der Waals surface area contributed by atoms with E-state index in [1.54, 1.807) is 6.20 Å². The number of pyridine rings is 1. The average molecular weight is 244 g/mol. The van der Waals surface area contributed by atoms with Crippen molar-refractivity contribution in [3.63, 3.8) is 0 Å². The zero-order valence-corrected chi connectivity index (χ0v) is 9.68. The fraction of sp³-hybridized carbons (Fsp3) is 0.214. The van der Waals surface area contributed by atoms with Crippen LogP contribution < -0.4 is 5.73 Å². The first kappa shape index (κ1) is 11.2. The number of rotatable bonds is 2. The van der Waals surface area contributed by atoms with Crippen LogP contribution in [-0.2, 0) is 0 Å². The minimum Gasteiger partial charge on any atom is -0.508 e. The molecule has 0 amide bonds. The average Bonchev–Trinajstić information content (AvgIpc) is 3.05. The third-order valence-electron chi connectivity index (χ3n) is 3.23. The van der Waals surface area contributed by atoms with E-state index < -0.39 is 5.82 Å². The van der Waals surface area contributed by atoms with Gasteiger partial charge in [-0.15, -0.1) is 0 Å². The molecule has 1 aliphatic carbocycles. The molecule has 1 aliphatic rings. The first-order chi connectivity index (χ1) is 8.63. The molecule has 92 valence electrons. The highest BCUT2D eigenvalue weighted by atomic mass is 19.1. The van der Waals surface area contributed by atoms with Crippen molar-refractivity contribution in [3.05, 3.63) is 47.9 Å². The topological polar surface area (TPSA) is 59.1 Å². The lowest BCUT2D eigenvalue weighted by Crippen LogP contribution is -2.01. The summed E-state index contributed by atoms with van der Waals surface area (Å²) in [5.74, 6) is -0.160. The molecule has 2 unspecified atom stereocenters. The Balaban J connectivity index is 1.92. The summed E-state index contributed by atoms with van der Waals surface area (Å²) in [6.45, 7) is 0. The highest BCUT2D eigenvalue weighted by Gasteiger charge is 2.34. The van der Waals surface area contributed by atoms with Gasteiger partial charge < -0.3 is 10.8 Å².